The zero-order valence-electron chi connectivity index (χ0n) is 15.2. The molecule has 0 spiro atoms. The summed E-state index contributed by atoms with van der Waals surface area (Å²) in [6, 6.07) is 6.52. The molecular weight excluding hydrogens is 350 g/mol. The molecule has 140 valence electrons. The van der Waals surface area contributed by atoms with Gasteiger partial charge in [0.1, 0.15) is 0 Å². The first kappa shape index (κ1) is 18.3. The summed E-state index contributed by atoms with van der Waals surface area (Å²) in [5, 5.41) is 2.71. The van der Waals surface area contributed by atoms with Crippen LogP contribution < -0.4 is 16.6 Å². The van der Waals surface area contributed by atoms with E-state index in [1.54, 1.807) is 31.2 Å². The van der Waals surface area contributed by atoms with Gasteiger partial charge in [0, 0.05) is 31.8 Å². The fourth-order valence-corrected chi connectivity index (χ4v) is 2.75. The SMILES string of the molecule is CCC(=O)Nc1ccc(C(=O)Cn2cnc3c2c(=O)n(C)c(=O)n3C)cc1. The third kappa shape index (κ3) is 3.31. The minimum atomic E-state index is -0.504. The van der Waals surface area contributed by atoms with E-state index in [4.69, 9.17) is 0 Å². The van der Waals surface area contributed by atoms with Gasteiger partial charge >= 0.3 is 5.69 Å². The fourth-order valence-electron chi connectivity index (χ4n) is 2.75. The van der Waals surface area contributed by atoms with Gasteiger partial charge in [-0.2, -0.15) is 0 Å². The van der Waals surface area contributed by atoms with Crippen LogP contribution in [0.25, 0.3) is 11.2 Å². The van der Waals surface area contributed by atoms with E-state index in [0.29, 0.717) is 17.7 Å². The Hall–Kier alpha value is -3.49. The van der Waals surface area contributed by atoms with Gasteiger partial charge in [-0.05, 0) is 24.3 Å². The molecule has 3 aromatic rings. The van der Waals surface area contributed by atoms with Gasteiger partial charge < -0.3 is 9.88 Å². The molecule has 1 aromatic carbocycles. The number of anilines is 1. The van der Waals surface area contributed by atoms with Crippen molar-refractivity contribution in [2.75, 3.05) is 5.32 Å². The molecule has 1 N–H and O–H groups in total. The van der Waals surface area contributed by atoms with Crippen LogP contribution >= 0.6 is 0 Å². The minimum absolute atomic E-state index is 0.0926. The van der Waals surface area contributed by atoms with Crippen molar-refractivity contribution in [3.8, 4) is 0 Å². The number of nitrogens with one attached hydrogen (secondary N) is 1. The Bertz CT molecular complexity index is 1150. The van der Waals surface area contributed by atoms with Crippen LogP contribution in [0.4, 0.5) is 5.69 Å². The van der Waals surface area contributed by atoms with Gasteiger partial charge in [-0.15, -0.1) is 0 Å². The number of nitrogens with zero attached hydrogens (tertiary/aromatic N) is 4. The van der Waals surface area contributed by atoms with Crippen molar-refractivity contribution in [3.05, 3.63) is 57.0 Å². The van der Waals surface area contributed by atoms with E-state index in [0.717, 1.165) is 4.57 Å². The third-order valence-electron chi connectivity index (χ3n) is 4.34. The molecule has 0 radical (unpaired) electrons. The summed E-state index contributed by atoms with van der Waals surface area (Å²) >= 11 is 0. The fraction of sp³-hybridized carbons (Fsp3) is 0.278. The number of aromatic nitrogens is 4. The zero-order chi connectivity index (χ0) is 19.7. The van der Waals surface area contributed by atoms with Crippen molar-refractivity contribution >= 4 is 28.5 Å². The first-order chi connectivity index (χ1) is 12.8. The summed E-state index contributed by atoms with van der Waals surface area (Å²) in [5.41, 5.74) is 0.487. The number of carbonyl (C=O) groups excluding carboxylic acids is 2. The van der Waals surface area contributed by atoms with E-state index in [2.05, 4.69) is 10.3 Å². The first-order valence-corrected chi connectivity index (χ1v) is 8.37. The van der Waals surface area contributed by atoms with Crippen molar-refractivity contribution in [3.63, 3.8) is 0 Å². The predicted octanol–water partition coefficient (Wildman–Crippen LogP) is 0.665. The average Bonchev–Trinajstić information content (AvgIpc) is 3.08. The van der Waals surface area contributed by atoms with Crippen LogP contribution in [-0.2, 0) is 25.4 Å². The lowest BCUT2D eigenvalue weighted by molar-refractivity contribution is -0.115. The van der Waals surface area contributed by atoms with E-state index in [9.17, 15) is 19.2 Å². The summed E-state index contributed by atoms with van der Waals surface area (Å²) in [5.74, 6) is -0.334. The maximum atomic E-state index is 12.6. The van der Waals surface area contributed by atoms with Gasteiger partial charge in [-0.3, -0.25) is 23.5 Å². The van der Waals surface area contributed by atoms with E-state index in [1.165, 1.54) is 29.6 Å². The van der Waals surface area contributed by atoms with Gasteiger partial charge in [-0.25, -0.2) is 9.78 Å². The Balaban J connectivity index is 1.90. The largest absolute Gasteiger partial charge is 0.332 e. The van der Waals surface area contributed by atoms with Crippen LogP contribution in [-0.4, -0.2) is 30.4 Å². The van der Waals surface area contributed by atoms with Gasteiger partial charge in [0.2, 0.25) is 5.91 Å². The lowest BCUT2D eigenvalue weighted by Gasteiger charge is -2.07. The molecule has 0 unspecified atom stereocenters. The molecule has 0 aliphatic rings. The highest BCUT2D eigenvalue weighted by molar-refractivity contribution is 5.97. The molecular formula is C18H19N5O4. The zero-order valence-corrected chi connectivity index (χ0v) is 15.2. The standard InChI is InChI=1S/C18H19N5O4/c1-4-14(25)20-12-7-5-11(6-8-12)13(24)9-23-10-19-16-15(23)17(26)22(3)18(27)21(16)2/h5-8,10H,4,9H2,1-3H3,(H,20,25). The molecule has 0 aliphatic carbocycles. The molecule has 0 saturated heterocycles. The molecule has 0 aliphatic heterocycles. The van der Waals surface area contributed by atoms with Crippen LogP contribution in [0.2, 0.25) is 0 Å². The second-order valence-electron chi connectivity index (χ2n) is 6.15. The summed E-state index contributed by atoms with van der Waals surface area (Å²) < 4.78 is 3.69. The third-order valence-corrected chi connectivity index (χ3v) is 4.34. The van der Waals surface area contributed by atoms with Crippen molar-refractivity contribution in [2.24, 2.45) is 14.1 Å². The van der Waals surface area contributed by atoms with Crippen molar-refractivity contribution in [1.29, 1.82) is 0 Å². The topological polar surface area (TPSA) is 108 Å². The molecule has 9 heteroatoms. The first-order valence-electron chi connectivity index (χ1n) is 8.37. The van der Waals surface area contributed by atoms with Crippen molar-refractivity contribution < 1.29 is 9.59 Å². The summed E-state index contributed by atoms with van der Waals surface area (Å²) in [6.07, 6.45) is 1.74. The molecule has 0 atom stereocenters. The van der Waals surface area contributed by atoms with Gasteiger partial charge in [0.05, 0.1) is 12.9 Å². The van der Waals surface area contributed by atoms with Crippen LogP contribution in [0.1, 0.15) is 23.7 Å². The highest BCUT2D eigenvalue weighted by Gasteiger charge is 2.16. The molecule has 3 rings (SSSR count). The second-order valence-corrected chi connectivity index (χ2v) is 6.15. The monoisotopic (exact) mass is 369 g/mol. The van der Waals surface area contributed by atoms with Gasteiger partial charge in [-0.1, -0.05) is 6.92 Å². The van der Waals surface area contributed by atoms with Gasteiger partial charge in [0.15, 0.2) is 16.9 Å². The maximum Gasteiger partial charge on any atom is 0.332 e. The number of benzene rings is 1. The van der Waals surface area contributed by atoms with E-state index < -0.39 is 11.2 Å². The average molecular weight is 369 g/mol. The number of amides is 1. The van der Waals surface area contributed by atoms with Crippen LogP contribution in [0.3, 0.4) is 0 Å². The molecule has 2 aromatic heterocycles. The number of hydrogen-bond donors (Lipinski definition) is 1. The number of aryl methyl sites for hydroxylation is 1. The highest BCUT2D eigenvalue weighted by Crippen LogP contribution is 2.13. The quantitative estimate of drug-likeness (QED) is 0.665. The number of imidazole rings is 1. The number of Topliss-reactive ketones (excluding diaryl/α,β-unsaturated/α-hetero) is 1. The molecule has 0 saturated carbocycles. The minimum Gasteiger partial charge on any atom is -0.326 e. The summed E-state index contributed by atoms with van der Waals surface area (Å²) in [7, 11) is 2.90. The van der Waals surface area contributed by atoms with E-state index in [1.807, 2.05) is 0 Å². The van der Waals surface area contributed by atoms with E-state index >= 15 is 0 Å². The maximum absolute atomic E-state index is 12.6. The van der Waals surface area contributed by atoms with E-state index in [-0.39, 0.29) is 29.4 Å². The Morgan fingerprint density at radius 2 is 1.74 bits per heavy atom. The molecule has 2 heterocycles. The molecule has 9 nitrogen and oxygen atoms in total. The summed E-state index contributed by atoms with van der Waals surface area (Å²) in [6.45, 7) is 1.66. The molecule has 1 amide bonds. The van der Waals surface area contributed by atoms with Gasteiger partial charge in [0.25, 0.3) is 5.56 Å². The molecule has 0 bridgehead atoms. The number of carbonyl (C=O) groups is 2. The molecule has 0 fully saturated rings. The lowest BCUT2D eigenvalue weighted by atomic mass is 10.1. The summed E-state index contributed by atoms with van der Waals surface area (Å²) in [4.78, 5) is 52.5. The highest BCUT2D eigenvalue weighted by atomic mass is 16.2. The number of rotatable bonds is 5. The number of fused-ring (bicyclic) bond motifs is 1. The Morgan fingerprint density at radius 3 is 2.37 bits per heavy atom. The van der Waals surface area contributed by atoms with Crippen LogP contribution in [0, 0.1) is 0 Å². The normalized spacial score (nSPS) is 10.9. The van der Waals surface area contributed by atoms with Crippen molar-refractivity contribution in [1.82, 2.24) is 18.7 Å². The smallest absolute Gasteiger partial charge is 0.326 e. The van der Waals surface area contributed by atoms with Crippen molar-refractivity contribution in [2.45, 2.75) is 19.9 Å². The lowest BCUT2D eigenvalue weighted by Crippen LogP contribution is -2.37. The van der Waals surface area contributed by atoms with Crippen LogP contribution in [0.5, 0.6) is 0 Å². The molecule has 27 heavy (non-hydrogen) atoms. The number of hydrogen-bond acceptors (Lipinski definition) is 5. The Morgan fingerprint density at radius 1 is 1.07 bits per heavy atom. The Labute approximate surface area is 153 Å². The Kier molecular flexibility index (Phi) is 4.76. The predicted molar refractivity (Wildman–Crippen MR) is 99.9 cm³/mol. The second kappa shape index (κ2) is 7.02. The van der Waals surface area contributed by atoms with Crippen LogP contribution in [0.15, 0.2) is 40.2 Å². The number of ketones is 1.